The van der Waals surface area contributed by atoms with Crippen molar-refractivity contribution in [2.45, 2.75) is 39.1 Å². The van der Waals surface area contributed by atoms with E-state index in [1.807, 2.05) is 31.2 Å². The number of hydrogen-bond acceptors (Lipinski definition) is 3. The summed E-state index contributed by atoms with van der Waals surface area (Å²) < 4.78 is 42.4. The lowest BCUT2D eigenvalue weighted by Crippen LogP contribution is -2.25. The summed E-state index contributed by atoms with van der Waals surface area (Å²) in [7, 11) is 0. The van der Waals surface area contributed by atoms with Gasteiger partial charge in [-0.05, 0) is 54.2 Å². The van der Waals surface area contributed by atoms with Crippen LogP contribution in [0, 0.1) is 0 Å². The van der Waals surface area contributed by atoms with Crippen LogP contribution in [-0.4, -0.2) is 21.7 Å². The fraction of sp³-hybridized carbons (Fsp3) is 0.231. The molecular formula is C26H23ClF3N3O2. The number of imidazole rings is 1. The third-order valence-electron chi connectivity index (χ3n) is 5.55. The SMILES string of the molecule is CCc1nc2cc(Cl)ccn2c1C(=O)NCc1ccc(CCc2ccc(OC(F)(F)F)cc2)cc1. The molecule has 182 valence electrons. The predicted octanol–water partition coefficient (Wildman–Crippen LogP) is 6.16. The molecule has 0 atom stereocenters. The molecule has 0 saturated heterocycles. The van der Waals surface area contributed by atoms with Crippen LogP contribution in [0.5, 0.6) is 5.75 Å². The van der Waals surface area contributed by atoms with Crippen LogP contribution in [0.3, 0.4) is 0 Å². The van der Waals surface area contributed by atoms with Gasteiger partial charge in [0.25, 0.3) is 5.91 Å². The lowest BCUT2D eigenvalue weighted by molar-refractivity contribution is -0.274. The number of benzene rings is 2. The molecule has 0 spiro atoms. The third-order valence-corrected chi connectivity index (χ3v) is 5.78. The van der Waals surface area contributed by atoms with Gasteiger partial charge >= 0.3 is 6.36 Å². The fourth-order valence-corrected chi connectivity index (χ4v) is 3.95. The largest absolute Gasteiger partial charge is 0.573 e. The van der Waals surface area contributed by atoms with Crippen LogP contribution in [0.4, 0.5) is 13.2 Å². The van der Waals surface area contributed by atoms with Crippen molar-refractivity contribution in [3.63, 3.8) is 0 Å². The molecule has 0 saturated carbocycles. The Balaban J connectivity index is 1.33. The van der Waals surface area contributed by atoms with Crippen molar-refractivity contribution in [2.75, 3.05) is 0 Å². The van der Waals surface area contributed by atoms with Crippen molar-refractivity contribution in [1.82, 2.24) is 14.7 Å². The highest BCUT2D eigenvalue weighted by molar-refractivity contribution is 6.30. The number of amides is 1. The first-order valence-electron chi connectivity index (χ1n) is 11.1. The summed E-state index contributed by atoms with van der Waals surface area (Å²) in [4.78, 5) is 17.4. The first-order valence-corrected chi connectivity index (χ1v) is 11.5. The van der Waals surface area contributed by atoms with E-state index in [9.17, 15) is 18.0 Å². The molecule has 0 aliphatic carbocycles. The number of hydrogen-bond donors (Lipinski definition) is 1. The molecule has 35 heavy (non-hydrogen) atoms. The van der Waals surface area contributed by atoms with Crippen molar-refractivity contribution < 1.29 is 22.7 Å². The van der Waals surface area contributed by atoms with Gasteiger partial charge in [0.05, 0.1) is 5.69 Å². The number of pyridine rings is 1. The number of rotatable bonds is 8. The first kappa shape index (κ1) is 24.6. The van der Waals surface area contributed by atoms with Gasteiger partial charge in [0.15, 0.2) is 0 Å². The minimum absolute atomic E-state index is 0.210. The van der Waals surface area contributed by atoms with Crippen molar-refractivity contribution >= 4 is 23.2 Å². The van der Waals surface area contributed by atoms with Crippen LogP contribution in [0.2, 0.25) is 5.02 Å². The first-order chi connectivity index (χ1) is 16.7. The van der Waals surface area contributed by atoms with E-state index in [0.717, 1.165) is 23.1 Å². The van der Waals surface area contributed by atoms with Crippen LogP contribution < -0.4 is 10.1 Å². The number of carbonyl (C=O) groups is 1. The summed E-state index contributed by atoms with van der Waals surface area (Å²) in [5.74, 6) is -0.440. The van der Waals surface area contributed by atoms with Gasteiger partial charge in [-0.25, -0.2) is 4.98 Å². The topological polar surface area (TPSA) is 55.6 Å². The monoisotopic (exact) mass is 501 g/mol. The zero-order valence-corrected chi connectivity index (χ0v) is 19.7. The Kier molecular flexibility index (Phi) is 7.31. The molecule has 0 aliphatic rings. The molecule has 0 radical (unpaired) electrons. The molecule has 9 heteroatoms. The van der Waals surface area contributed by atoms with Crippen molar-refractivity contribution in [3.8, 4) is 5.75 Å². The van der Waals surface area contributed by atoms with Gasteiger partial charge in [-0.15, -0.1) is 13.2 Å². The molecule has 0 unspecified atom stereocenters. The van der Waals surface area contributed by atoms with E-state index in [2.05, 4.69) is 15.0 Å². The van der Waals surface area contributed by atoms with Gasteiger partial charge in [-0.2, -0.15) is 0 Å². The second kappa shape index (κ2) is 10.4. The van der Waals surface area contributed by atoms with Crippen molar-refractivity contribution in [2.24, 2.45) is 0 Å². The molecule has 1 amide bonds. The Morgan fingerprint density at radius 1 is 1.00 bits per heavy atom. The van der Waals surface area contributed by atoms with E-state index in [1.165, 1.54) is 12.1 Å². The Bertz CT molecular complexity index is 1320. The zero-order chi connectivity index (χ0) is 25.0. The van der Waals surface area contributed by atoms with Crippen LogP contribution in [0.1, 0.15) is 39.8 Å². The highest BCUT2D eigenvalue weighted by atomic mass is 35.5. The van der Waals surface area contributed by atoms with Gasteiger partial charge in [0.2, 0.25) is 0 Å². The summed E-state index contributed by atoms with van der Waals surface area (Å²) in [6.07, 6.45) is -0.919. The quantitative estimate of drug-likeness (QED) is 0.314. The number of aryl methyl sites for hydroxylation is 3. The molecule has 2 heterocycles. The lowest BCUT2D eigenvalue weighted by atomic mass is 10.0. The molecule has 0 aliphatic heterocycles. The lowest BCUT2D eigenvalue weighted by Gasteiger charge is -2.10. The number of nitrogens with one attached hydrogen (secondary N) is 1. The normalized spacial score (nSPS) is 11.6. The number of fused-ring (bicyclic) bond motifs is 1. The van der Waals surface area contributed by atoms with E-state index in [4.69, 9.17) is 11.6 Å². The Hall–Kier alpha value is -3.52. The summed E-state index contributed by atoms with van der Waals surface area (Å²) >= 11 is 6.05. The molecule has 1 N–H and O–H groups in total. The number of halogens is 4. The molecule has 4 rings (SSSR count). The maximum atomic E-state index is 12.9. The van der Waals surface area contributed by atoms with E-state index >= 15 is 0 Å². The van der Waals surface area contributed by atoms with Crippen LogP contribution in [0.15, 0.2) is 66.9 Å². The van der Waals surface area contributed by atoms with Gasteiger partial charge in [-0.1, -0.05) is 54.9 Å². The maximum Gasteiger partial charge on any atom is 0.573 e. The van der Waals surface area contributed by atoms with Crippen LogP contribution in [-0.2, 0) is 25.8 Å². The van der Waals surface area contributed by atoms with Gasteiger partial charge < -0.3 is 10.1 Å². The number of nitrogens with zero attached hydrogens (tertiary/aromatic N) is 2. The molecule has 4 aromatic rings. The summed E-state index contributed by atoms with van der Waals surface area (Å²) in [5, 5.41) is 3.52. The summed E-state index contributed by atoms with van der Waals surface area (Å²) in [6.45, 7) is 2.31. The maximum absolute atomic E-state index is 12.9. The minimum Gasteiger partial charge on any atom is -0.406 e. The van der Waals surface area contributed by atoms with Gasteiger partial charge in [0, 0.05) is 23.8 Å². The van der Waals surface area contributed by atoms with Gasteiger partial charge in [-0.3, -0.25) is 9.20 Å². The molecule has 0 bridgehead atoms. The third kappa shape index (κ3) is 6.33. The van der Waals surface area contributed by atoms with Gasteiger partial charge in [0.1, 0.15) is 17.1 Å². The molecule has 0 fully saturated rings. The number of alkyl halides is 3. The fourth-order valence-electron chi connectivity index (χ4n) is 3.79. The molecule has 2 aromatic carbocycles. The summed E-state index contributed by atoms with van der Waals surface area (Å²) in [6, 6.07) is 17.2. The average Bonchev–Trinajstić information content (AvgIpc) is 3.19. The Morgan fingerprint density at radius 2 is 1.60 bits per heavy atom. The number of aromatic nitrogens is 2. The Morgan fingerprint density at radius 3 is 2.20 bits per heavy atom. The van der Waals surface area contributed by atoms with E-state index in [0.29, 0.717) is 41.4 Å². The number of ether oxygens (including phenoxy) is 1. The second-order valence-electron chi connectivity index (χ2n) is 8.02. The van der Waals surface area contributed by atoms with Crippen LogP contribution >= 0.6 is 11.6 Å². The number of carbonyl (C=O) groups excluding carboxylic acids is 1. The van der Waals surface area contributed by atoms with Crippen LogP contribution in [0.25, 0.3) is 5.65 Å². The minimum atomic E-state index is -4.69. The smallest absolute Gasteiger partial charge is 0.406 e. The average molecular weight is 502 g/mol. The van der Waals surface area contributed by atoms with E-state index in [-0.39, 0.29) is 11.7 Å². The standard InChI is InChI=1S/C26H23ClF3N3O2/c1-2-22-24(33-14-13-20(27)15-23(33)32-22)25(34)31-16-19-7-5-17(6-8-19)3-4-18-9-11-21(12-10-18)35-26(28,29)30/h5-15H,2-4,16H2,1H3,(H,31,34). The van der Waals surface area contributed by atoms with E-state index < -0.39 is 6.36 Å². The van der Waals surface area contributed by atoms with E-state index in [1.54, 1.807) is 34.9 Å². The predicted molar refractivity (Wildman–Crippen MR) is 128 cm³/mol. The molecule has 5 nitrogen and oxygen atoms in total. The molecule has 2 aromatic heterocycles. The van der Waals surface area contributed by atoms with Crippen molar-refractivity contribution in [3.05, 3.63) is 100.0 Å². The zero-order valence-electron chi connectivity index (χ0n) is 18.9. The second-order valence-corrected chi connectivity index (χ2v) is 8.46. The Labute approximate surface area is 205 Å². The molecular weight excluding hydrogens is 479 g/mol. The highest BCUT2D eigenvalue weighted by Gasteiger charge is 2.30. The van der Waals surface area contributed by atoms with Crippen molar-refractivity contribution in [1.29, 1.82) is 0 Å². The highest BCUT2D eigenvalue weighted by Crippen LogP contribution is 2.23. The summed E-state index contributed by atoms with van der Waals surface area (Å²) in [5.41, 5.74) is 4.79.